The van der Waals surface area contributed by atoms with Crippen molar-refractivity contribution in [2.45, 2.75) is 4.90 Å². The molecule has 1 aromatic heterocycles. The van der Waals surface area contributed by atoms with E-state index in [-0.39, 0.29) is 4.90 Å². The number of hydrogen-bond donors (Lipinski definition) is 0. The van der Waals surface area contributed by atoms with Gasteiger partial charge in [0.25, 0.3) is 0 Å². The lowest BCUT2D eigenvalue weighted by atomic mass is 10.3. The molecule has 18 heavy (non-hydrogen) atoms. The number of nitrogens with zero attached hydrogens (tertiary/aromatic N) is 2. The smallest absolute Gasteiger partial charge is 0.236 e. The van der Waals surface area contributed by atoms with Crippen LogP contribution in [0.4, 0.5) is 0 Å². The lowest BCUT2D eigenvalue weighted by molar-refractivity contribution is 0.457. The zero-order chi connectivity index (χ0) is 13.2. The summed E-state index contributed by atoms with van der Waals surface area (Å²) in [6, 6.07) is 6.12. The van der Waals surface area contributed by atoms with E-state index in [2.05, 4.69) is 25.9 Å². The van der Waals surface area contributed by atoms with Crippen LogP contribution in [0.5, 0.6) is 11.6 Å². The Labute approximate surface area is 113 Å². The maximum atomic E-state index is 11.3. The van der Waals surface area contributed by atoms with Crippen molar-refractivity contribution < 1.29 is 13.2 Å². The molecule has 0 radical (unpaired) electrons. The van der Waals surface area contributed by atoms with Crippen LogP contribution in [0.3, 0.4) is 0 Å². The molecule has 0 fully saturated rings. The zero-order valence-electron chi connectivity index (χ0n) is 9.37. The summed E-state index contributed by atoms with van der Waals surface area (Å²) in [7, 11) is -3.19. The monoisotopic (exact) mass is 328 g/mol. The number of sulfone groups is 1. The van der Waals surface area contributed by atoms with E-state index in [1.807, 2.05) is 0 Å². The fraction of sp³-hybridized carbons (Fsp3) is 0.0909. The molecule has 0 aliphatic heterocycles. The fourth-order valence-electron chi connectivity index (χ4n) is 1.24. The van der Waals surface area contributed by atoms with E-state index >= 15 is 0 Å². The van der Waals surface area contributed by atoms with Crippen molar-refractivity contribution in [2.75, 3.05) is 6.26 Å². The van der Waals surface area contributed by atoms with Crippen molar-refractivity contribution in [1.29, 1.82) is 0 Å². The molecule has 94 valence electrons. The number of ether oxygens (including phenoxy) is 1. The molecule has 0 spiro atoms. The Morgan fingerprint density at radius 2 is 1.89 bits per heavy atom. The minimum atomic E-state index is -3.19. The fourth-order valence-corrected chi connectivity index (χ4v) is 2.18. The van der Waals surface area contributed by atoms with Crippen LogP contribution in [0.1, 0.15) is 0 Å². The van der Waals surface area contributed by atoms with Crippen LogP contribution in [0.15, 0.2) is 46.2 Å². The van der Waals surface area contributed by atoms with Crippen molar-refractivity contribution >= 4 is 25.8 Å². The minimum Gasteiger partial charge on any atom is -0.438 e. The summed E-state index contributed by atoms with van der Waals surface area (Å²) in [4.78, 5) is 8.01. The third-order valence-electron chi connectivity index (χ3n) is 2.10. The van der Waals surface area contributed by atoms with Crippen LogP contribution < -0.4 is 4.74 Å². The first-order valence-electron chi connectivity index (χ1n) is 4.90. The summed E-state index contributed by atoms with van der Waals surface area (Å²) in [6.45, 7) is 0. The third-order valence-corrected chi connectivity index (χ3v) is 3.77. The molecular weight excluding hydrogens is 320 g/mol. The van der Waals surface area contributed by atoms with Crippen molar-refractivity contribution in [3.63, 3.8) is 0 Å². The van der Waals surface area contributed by atoms with E-state index in [0.717, 1.165) is 6.26 Å². The van der Waals surface area contributed by atoms with Crippen LogP contribution in [-0.2, 0) is 9.84 Å². The van der Waals surface area contributed by atoms with Gasteiger partial charge in [0.2, 0.25) is 5.88 Å². The van der Waals surface area contributed by atoms with E-state index in [1.54, 1.807) is 18.3 Å². The summed E-state index contributed by atoms with van der Waals surface area (Å²) in [5.74, 6) is 0.874. The van der Waals surface area contributed by atoms with Gasteiger partial charge >= 0.3 is 0 Å². The molecule has 1 aromatic carbocycles. The number of halogens is 1. The molecule has 1 heterocycles. The average Bonchev–Trinajstić information content (AvgIpc) is 2.32. The van der Waals surface area contributed by atoms with Crippen molar-refractivity contribution in [1.82, 2.24) is 9.97 Å². The summed E-state index contributed by atoms with van der Waals surface area (Å²) < 4.78 is 28.7. The van der Waals surface area contributed by atoms with E-state index in [4.69, 9.17) is 4.74 Å². The molecule has 7 heteroatoms. The molecule has 0 atom stereocenters. The number of aromatic nitrogens is 2. The van der Waals surface area contributed by atoms with E-state index in [1.165, 1.54) is 18.5 Å². The average molecular weight is 329 g/mol. The Kier molecular flexibility index (Phi) is 3.63. The Hall–Kier alpha value is -1.47. The van der Waals surface area contributed by atoms with Gasteiger partial charge in [0.1, 0.15) is 12.1 Å². The summed E-state index contributed by atoms with van der Waals surface area (Å²) in [5.41, 5.74) is 0. The summed E-state index contributed by atoms with van der Waals surface area (Å²) in [6.07, 6.45) is 4.09. The quantitative estimate of drug-likeness (QED) is 0.865. The SMILES string of the molecule is CS(=O)(=O)c1ccc(Oc2ncncc2Br)cc1. The van der Waals surface area contributed by atoms with E-state index in [9.17, 15) is 8.42 Å². The van der Waals surface area contributed by atoms with Gasteiger partial charge in [-0.2, -0.15) is 0 Å². The van der Waals surface area contributed by atoms with Crippen LogP contribution in [0.2, 0.25) is 0 Å². The molecule has 0 amide bonds. The largest absolute Gasteiger partial charge is 0.438 e. The van der Waals surface area contributed by atoms with Crippen LogP contribution in [0.25, 0.3) is 0 Å². The van der Waals surface area contributed by atoms with Gasteiger partial charge in [-0.15, -0.1) is 0 Å². The minimum absolute atomic E-state index is 0.247. The Morgan fingerprint density at radius 1 is 1.22 bits per heavy atom. The molecule has 0 N–H and O–H groups in total. The highest BCUT2D eigenvalue weighted by Crippen LogP contribution is 2.26. The normalized spacial score (nSPS) is 11.2. The first-order chi connectivity index (χ1) is 8.47. The van der Waals surface area contributed by atoms with Crippen molar-refractivity contribution in [2.24, 2.45) is 0 Å². The second-order valence-electron chi connectivity index (χ2n) is 3.52. The van der Waals surface area contributed by atoms with Gasteiger partial charge in [0, 0.05) is 12.5 Å². The second-order valence-corrected chi connectivity index (χ2v) is 6.39. The van der Waals surface area contributed by atoms with Crippen LogP contribution in [0, 0.1) is 0 Å². The van der Waals surface area contributed by atoms with Gasteiger partial charge in [0.05, 0.1) is 9.37 Å². The van der Waals surface area contributed by atoms with E-state index in [0.29, 0.717) is 16.1 Å². The first-order valence-corrected chi connectivity index (χ1v) is 7.59. The van der Waals surface area contributed by atoms with Gasteiger partial charge in [-0.25, -0.2) is 18.4 Å². The predicted molar refractivity (Wildman–Crippen MR) is 69.4 cm³/mol. The Bertz CT molecular complexity index is 656. The third kappa shape index (κ3) is 3.05. The second kappa shape index (κ2) is 5.03. The van der Waals surface area contributed by atoms with Gasteiger partial charge in [-0.1, -0.05) is 0 Å². The predicted octanol–water partition coefficient (Wildman–Crippen LogP) is 2.43. The molecule has 0 bridgehead atoms. The molecule has 0 unspecified atom stereocenters. The highest BCUT2D eigenvalue weighted by Gasteiger charge is 2.08. The molecule has 0 saturated carbocycles. The molecule has 5 nitrogen and oxygen atoms in total. The zero-order valence-corrected chi connectivity index (χ0v) is 11.8. The number of hydrogen-bond acceptors (Lipinski definition) is 5. The highest BCUT2D eigenvalue weighted by atomic mass is 79.9. The van der Waals surface area contributed by atoms with Gasteiger partial charge in [0.15, 0.2) is 9.84 Å². The Morgan fingerprint density at radius 3 is 2.44 bits per heavy atom. The standard InChI is InChI=1S/C11H9BrN2O3S/c1-18(15,16)9-4-2-8(3-5-9)17-11-10(12)6-13-7-14-11/h2-7H,1H3. The molecule has 2 aromatic rings. The van der Waals surface area contributed by atoms with Crippen molar-refractivity contribution in [3.8, 4) is 11.6 Å². The van der Waals surface area contributed by atoms with Gasteiger partial charge in [-0.3, -0.25) is 0 Å². The van der Waals surface area contributed by atoms with Gasteiger partial charge < -0.3 is 4.74 Å². The molecule has 0 aliphatic rings. The molecule has 2 rings (SSSR count). The molecular formula is C11H9BrN2O3S. The van der Waals surface area contributed by atoms with Gasteiger partial charge in [-0.05, 0) is 40.2 Å². The lowest BCUT2D eigenvalue weighted by Gasteiger charge is -2.06. The number of benzene rings is 1. The maximum absolute atomic E-state index is 11.3. The Balaban J connectivity index is 2.24. The first kappa shape index (κ1) is 13.0. The highest BCUT2D eigenvalue weighted by molar-refractivity contribution is 9.10. The summed E-state index contributed by atoms with van der Waals surface area (Å²) in [5, 5.41) is 0. The topological polar surface area (TPSA) is 69.2 Å². The molecule has 0 saturated heterocycles. The van der Waals surface area contributed by atoms with Crippen LogP contribution >= 0.6 is 15.9 Å². The number of rotatable bonds is 3. The maximum Gasteiger partial charge on any atom is 0.236 e. The lowest BCUT2D eigenvalue weighted by Crippen LogP contribution is -1.96. The van der Waals surface area contributed by atoms with Crippen molar-refractivity contribution in [3.05, 3.63) is 41.3 Å². The van der Waals surface area contributed by atoms with Crippen LogP contribution in [-0.4, -0.2) is 24.6 Å². The summed E-state index contributed by atoms with van der Waals surface area (Å²) >= 11 is 3.25. The van der Waals surface area contributed by atoms with E-state index < -0.39 is 9.84 Å². The molecule has 0 aliphatic carbocycles.